The van der Waals surface area contributed by atoms with Gasteiger partial charge in [-0.15, -0.1) is 0 Å². The van der Waals surface area contributed by atoms with Gasteiger partial charge in [0.1, 0.15) is 18.0 Å². The molecule has 1 aliphatic heterocycles. The van der Waals surface area contributed by atoms with Crippen molar-refractivity contribution in [1.29, 1.82) is 5.26 Å². The number of anilines is 1. The number of aromatic nitrogens is 3. The molecule has 0 radical (unpaired) electrons. The molecule has 0 saturated heterocycles. The van der Waals surface area contributed by atoms with Gasteiger partial charge in [0.15, 0.2) is 17.3 Å². The highest BCUT2D eigenvalue weighted by Crippen LogP contribution is 2.32. The van der Waals surface area contributed by atoms with Crippen LogP contribution in [0.1, 0.15) is 42.5 Å². The van der Waals surface area contributed by atoms with Crippen LogP contribution in [0.25, 0.3) is 5.69 Å². The molecule has 3 heterocycles. The average molecular weight is 431 g/mol. The van der Waals surface area contributed by atoms with Crippen molar-refractivity contribution in [3.8, 4) is 17.5 Å². The van der Waals surface area contributed by atoms with Gasteiger partial charge in [0, 0.05) is 30.3 Å². The van der Waals surface area contributed by atoms with E-state index >= 15 is 0 Å². The van der Waals surface area contributed by atoms with E-state index in [-0.39, 0.29) is 11.5 Å². The van der Waals surface area contributed by atoms with Crippen molar-refractivity contribution in [3.05, 3.63) is 76.6 Å². The van der Waals surface area contributed by atoms with Gasteiger partial charge in [0.2, 0.25) is 0 Å². The lowest BCUT2D eigenvalue weighted by atomic mass is 9.99. The molecule has 9 heteroatoms. The average Bonchev–Trinajstić information content (AvgIpc) is 3.19. The highest BCUT2D eigenvalue weighted by molar-refractivity contribution is 6.13. The molecule has 1 atom stereocenters. The van der Waals surface area contributed by atoms with Crippen LogP contribution in [0, 0.1) is 17.1 Å². The van der Waals surface area contributed by atoms with Crippen molar-refractivity contribution >= 4 is 11.5 Å². The summed E-state index contributed by atoms with van der Waals surface area (Å²) in [5, 5.41) is 13.9. The van der Waals surface area contributed by atoms with Gasteiger partial charge >= 0.3 is 0 Å². The highest BCUT2D eigenvalue weighted by Gasteiger charge is 2.23. The zero-order valence-corrected chi connectivity index (χ0v) is 17.7. The largest absolute Gasteiger partial charge is 0.482 e. The minimum Gasteiger partial charge on any atom is -0.482 e. The number of aliphatic imine (C=N–C) groups is 1. The Bertz CT molecular complexity index is 1290. The monoisotopic (exact) mass is 431 g/mol. The Balaban J connectivity index is 2.02. The van der Waals surface area contributed by atoms with Crippen LogP contribution in [-0.4, -0.2) is 27.0 Å². The van der Waals surface area contributed by atoms with Gasteiger partial charge in [-0.1, -0.05) is 0 Å². The van der Waals surface area contributed by atoms with Crippen LogP contribution in [0.4, 0.5) is 10.2 Å². The minimum atomic E-state index is -0.585. The van der Waals surface area contributed by atoms with E-state index in [9.17, 15) is 9.65 Å². The second kappa shape index (κ2) is 8.51. The second-order valence-electron chi connectivity index (χ2n) is 7.31. The SMILES string of the molecule is CCN=C1C(=CN)Cc2cc(C#N)nn2-c2ccc(F)cc2C(C)Oc2cc1cnc2N. The van der Waals surface area contributed by atoms with Crippen LogP contribution in [-0.2, 0) is 6.42 Å². The van der Waals surface area contributed by atoms with Crippen LogP contribution in [0.3, 0.4) is 0 Å². The maximum Gasteiger partial charge on any atom is 0.166 e. The van der Waals surface area contributed by atoms with Gasteiger partial charge in [0.25, 0.3) is 0 Å². The van der Waals surface area contributed by atoms with E-state index in [1.807, 2.05) is 6.92 Å². The lowest BCUT2D eigenvalue weighted by Gasteiger charge is -2.22. The first-order valence-electron chi connectivity index (χ1n) is 10.1. The molecule has 32 heavy (non-hydrogen) atoms. The Morgan fingerprint density at radius 3 is 2.91 bits per heavy atom. The Morgan fingerprint density at radius 2 is 2.19 bits per heavy atom. The smallest absolute Gasteiger partial charge is 0.166 e. The lowest BCUT2D eigenvalue weighted by molar-refractivity contribution is 0.226. The van der Waals surface area contributed by atoms with E-state index in [4.69, 9.17) is 16.2 Å². The molecule has 2 bridgehead atoms. The molecule has 1 aromatic carbocycles. The summed E-state index contributed by atoms with van der Waals surface area (Å²) in [5.74, 6) is 0.140. The molecule has 1 unspecified atom stereocenters. The Kier molecular flexibility index (Phi) is 5.60. The number of fused-ring (bicyclic) bond motifs is 5. The van der Waals surface area contributed by atoms with Crippen molar-refractivity contribution < 1.29 is 9.13 Å². The standard InChI is InChI=1S/C23H22FN7O/c1-3-28-22-14(10-25)6-18-9-17(11-26)30-31(18)20-5-4-16(24)8-19(20)13(2)32-21-7-15(22)12-29-23(21)27/h4-5,7-10,12-13H,3,6,25H2,1-2H3,(H2,27,29). The second-order valence-corrected chi connectivity index (χ2v) is 7.31. The summed E-state index contributed by atoms with van der Waals surface area (Å²) in [6.45, 7) is 4.23. The maximum absolute atomic E-state index is 14.2. The number of rotatable bonds is 1. The number of pyridine rings is 1. The van der Waals surface area contributed by atoms with Crippen molar-refractivity contribution in [2.45, 2.75) is 26.4 Å². The topological polar surface area (TPSA) is 128 Å². The third kappa shape index (κ3) is 3.78. The molecule has 0 aliphatic carbocycles. The Labute approximate surface area is 184 Å². The molecule has 0 amide bonds. The molecule has 3 aromatic rings. The maximum atomic E-state index is 14.2. The number of ether oxygens (including phenoxy) is 1. The van der Waals surface area contributed by atoms with Gasteiger partial charge in [-0.25, -0.2) is 14.1 Å². The fourth-order valence-electron chi connectivity index (χ4n) is 3.74. The Hall–Kier alpha value is -4.19. The zero-order chi connectivity index (χ0) is 22.8. The van der Waals surface area contributed by atoms with E-state index in [0.29, 0.717) is 52.5 Å². The van der Waals surface area contributed by atoms with Crippen LogP contribution in [0.15, 0.2) is 53.3 Å². The summed E-state index contributed by atoms with van der Waals surface area (Å²) in [6, 6.07) is 9.86. The van der Waals surface area contributed by atoms with E-state index in [1.165, 1.54) is 18.3 Å². The number of hydrogen-bond acceptors (Lipinski definition) is 7. The number of halogens is 1. The number of nitriles is 1. The van der Waals surface area contributed by atoms with E-state index in [1.54, 1.807) is 36.0 Å². The molecule has 4 N–H and O–H groups in total. The number of benzene rings is 1. The van der Waals surface area contributed by atoms with Gasteiger partial charge < -0.3 is 16.2 Å². The summed E-state index contributed by atoms with van der Waals surface area (Å²) in [4.78, 5) is 8.90. The van der Waals surface area contributed by atoms with Crippen molar-refractivity contribution in [1.82, 2.24) is 14.8 Å². The zero-order valence-electron chi connectivity index (χ0n) is 17.7. The first-order chi connectivity index (χ1) is 15.4. The number of nitrogens with zero attached hydrogens (tertiary/aromatic N) is 5. The third-order valence-electron chi connectivity index (χ3n) is 5.21. The molecule has 8 nitrogen and oxygen atoms in total. The summed E-state index contributed by atoms with van der Waals surface area (Å²) in [7, 11) is 0. The number of nitrogen functional groups attached to an aromatic ring is 1. The molecule has 0 saturated carbocycles. The fraction of sp³-hybridized carbons (Fsp3) is 0.217. The summed E-state index contributed by atoms with van der Waals surface area (Å²) < 4.78 is 21.9. The molecule has 2 aromatic heterocycles. The molecule has 1 aliphatic rings. The van der Waals surface area contributed by atoms with E-state index in [0.717, 1.165) is 0 Å². The highest BCUT2D eigenvalue weighted by atomic mass is 19.1. The van der Waals surface area contributed by atoms with Crippen LogP contribution < -0.4 is 16.2 Å². The number of nitrogens with two attached hydrogens (primary N) is 2. The molecular weight excluding hydrogens is 409 g/mol. The van der Waals surface area contributed by atoms with E-state index < -0.39 is 11.9 Å². The number of allylic oxidation sites excluding steroid dienone is 1. The van der Waals surface area contributed by atoms with Crippen LogP contribution in [0.5, 0.6) is 5.75 Å². The molecule has 4 rings (SSSR count). The molecule has 162 valence electrons. The quantitative estimate of drug-likeness (QED) is 0.609. The van der Waals surface area contributed by atoms with Gasteiger partial charge in [-0.3, -0.25) is 4.99 Å². The summed E-state index contributed by atoms with van der Waals surface area (Å²) in [6.07, 6.45) is 2.85. The molecule has 0 fully saturated rings. The summed E-state index contributed by atoms with van der Waals surface area (Å²) in [5.41, 5.74) is 16.2. The van der Waals surface area contributed by atoms with Crippen molar-refractivity contribution in [3.63, 3.8) is 0 Å². The van der Waals surface area contributed by atoms with Crippen LogP contribution >= 0.6 is 0 Å². The predicted molar refractivity (Wildman–Crippen MR) is 119 cm³/mol. The molecule has 0 spiro atoms. The van der Waals surface area contributed by atoms with Crippen molar-refractivity contribution in [2.24, 2.45) is 10.7 Å². The first kappa shape index (κ1) is 21.1. The Morgan fingerprint density at radius 1 is 1.38 bits per heavy atom. The van der Waals surface area contributed by atoms with Crippen molar-refractivity contribution in [2.75, 3.05) is 12.3 Å². The normalized spacial score (nSPS) is 18.1. The minimum absolute atomic E-state index is 0.205. The fourth-order valence-corrected chi connectivity index (χ4v) is 3.74. The van der Waals surface area contributed by atoms with E-state index in [2.05, 4.69) is 21.1 Å². The van der Waals surface area contributed by atoms with Gasteiger partial charge in [-0.2, -0.15) is 10.4 Å². The number of hydrogen-bond donors (Lipinski definition) is 2. The first-order valence-corrected chi connectivity index (χ1v) is 10.1. The van der Waals surface area contributed by atoms with Gasteiger partial charge in [-0.05, 0) is 56.0 Å². The predicted octanol–water partition coefficient (Wildman–Crippen LogP) is 3.21. The summed E-state index contributed by atoms with van der Waals surface area (Å²) >= 11 is 0. The van der Waals surface area contributed by atoms with Crippen LogP contribution in [0.2, 0.25) is 0 Å². The third-order valence-corrected chi connectivity index (χ3v) is 5.21. The lowest BCUT2D eigenvalue weighted by Crippen LogP contribution is -2.17. The molecular formula is C23H22FN7O. The van der Waals surface area contributed by atoms with Gasteiger partial charge in [0.05, 0.1) is 17.1 Å².